The average Bonchev–Trinajstić information content (AvgIpc) is 2.61. The lowest BCUT2D eigenvalue weighted by Crippen LogP contribution is -1.81. The van der Waals surface area contributed by atoms with Crippen molar-refractivity contribution in [2.45, 2.75) is 13.8 Å². The third-order valence-corrected chi connectivity index (χ3v) is 2.78. The van der Waals surface area contributed by atoms with Crippen molar-refractivity contribution < 1.29 is 4.42 Å². The normalized spacial score (nSPS) is 10.6. The Kier molecular flexibility index (Phi) is 1.84. The molecular formula is C9H10N2OS. The highest BCUT2D eigenvalue weighted by Gasteiger charge is 2.09. The van der Waals surface area contributed by atoms with Crippen molar-refractivity contribution in [1.82, 2.24) is 4.98 Å². The third-order valence-electron chi connectivity index (χ3n) is 1.78. The summed E-state index contributed by atoms with van der Waals surface area (Å²) in [6.45, 7) is 3.80. The predicted molar refractivity (Wildman–Crippen MR) is 53.7 cm³/mol. The SMILES string of the molecule is Cc1ccc(-c2nc(C)c(N)s2)o1. The summed E-state index contributed by atoms with van der Waals surface area (Å²) in [5.74, 6) is 1.68. The van der Waals surface area contributed by atoms with Crippen LogP contribution in [0.3, 0.4) is 0 Å². The first-order valence-corrected chi connectivity index (χ1v) is 4.78. The number of anilines is 1. The van der Waals surface area contributed by atoms with E-state index < -0.39 is 0 Å². The van der Waals surface area contributed by atoms with E-state index in [1.54, 1.807) is 0 Å². The molecule has 2 heterocycles. The van der Waals surface area contributed by atoms with Gasteiger partial charge in [0.1, 0.15) is 10.8 Å². The minimum Gasteiger partial charge on any atom is -0.459 e. The Bertz CT molecular complexity index is 411. The molecule has 0 spiro atoms. The Morgan fingerprint density at radius 3 is 2.62 bits per heavy atom. The van der Waals surface area contributed by atoms with Crippen LogP contribution in [0.4, 0.5) is 5.00 Å². The topological polar surface area (TPSA) is 52.0 Å². The van der Waals surface area contributed by atoms with E-state index in [4.69, 9.17) is 10.2 Å². The molecule has 2 aromatic rings. The lowest BCUT2D eigenvalue weighted by atomic mass is 10.4. The van der Waals surface area contributed by atoms with E-state index in [1.165, 1.54) is 11.3 Å². The van der Waals surface area contributed by atoms with E-state index in [9.17, 15) is 0 Å². The van der Waals surface area contributed by atoms with Crippen molar-refractivity contribution in [2.24, 2.45) is 0 Å². The Labute approximate surface area is 80.2 Å². The molecule has 0 aliphatic rings. The van der Waals surface area contributed by atoms with Gasteiger partial charge in [-0.3, -0.25) is 0 Å². The van der Waals surface area contributed by atoms with Crippen molar-refractivity contribution >= 4 is 16.3 Å². The molecular weight excluding hydrogens is 184 g/mol. The first-order chi connectivity index (χ1) is 6.16. The maximum atomic E-state index is 5.70. The van der Waals surface area contributed by atoms with Gasteiger partial charge in [-0.1, -0.05) is 11.3 Å². The number of furan rings is 1. The maximum Gasteiger partial charge on any atom is 0.162 e. The fraction of sp³-hybridized carbons (Fsp3) is 0.222. The summed E-state index contributed by atoms with van der Waals surface area (Å²) in [5, 5.41) is 1.60. The molecule has 2 N–H and O–H groups in total. The second-order valence-electron chi connectivity index (χ2n) is 2.88. The largest absolute Gasteiger partial charge is 0.459 e. The van der Waals surface area contributed by atoms with Crippen LogP contribution in [0.15, 0.2) is 16.5 Å². The van der Waals surface area contributed by atoms with Crippen molar-refractivity contribution in [3.05, 3.63) is 23.6 Å². The highest BCUT2D eigenvalue weighted by Crippen LogP contribution is 2.30. The number of aromatic nitrogens is 1. The van der Waals surface area contributed by atoms with Crippen molar-refractivity contribution in [3.63, 3.8) is 0 Å². The van der Waals surface area contributed by atoms with Crippen LogP contribution in [0.25, 0.3) is 10.8 Å². The zero-order valence-electron chi connectivity index (χ0n) is 7.50. The molecule has 0 fully saturated rings. The molecule has 2 aromatic heterocycles. The number of nitrogens with zero attached hydrogens (tertiary/aromatic N) is 1. The predicted octanol–water partition coefficient (Wildman–Crippen LogP) is 2.60. The van der Waals surface area contributed by atoms with Crippen LogP contribution in [-0.4, -0.2) is 4.98 Å². The van der Waals surface area contributed by atoms with Gasteiger partial charge in [-0.2, -0.15) is 0 Å². The number of hydrogen-bond donors (Lipinski definition) is 1. The van der Waals surface area contributed by atoms with E-state index in [1.807, 2.05) is 26.0 Å². The molecule has 4 heteroatoms. The lowest BCUT2D eigenvalue weighted by molar-refractivity contribution is 0.548. The second-order valence-corrected chi connectivity index (χ2v) is 3.91. The molecule has 0 atom stereocenters. The summed E-state index contributed by atoms with van der Waals surface area (Å²) in [7, 11) is 0. The van der Waals surface area contributed by atoms with Crippen molar-refractivity contribution in [1.29, 1.82) is 0 Å². The summed E-state index contributed by atoms with van der Waals surface area (Å²) in [4.78, 5) is 4.29. The fourth-order valence-electron chi connectivity index (χ4n) is 1.06. The number of nitrogens with two attached hydrogens (primary N) is 1. The molecule has 0 amide bonds. The van der Waals surface area contributed by atoms with Crippen LogP contribution >= 0.6 is 11.3 Å². The van der Waals surface area contributed by atoms with E-state index in [0.29, 0.717) is 0 Å². The van der Waals surface area contributed by atoms with E-state index in [-0.39, 0.29) is 0 Å². The quantitative estimate of drug-likeness (QED) is 0.759. The number of thiazole rings is 1. The van der Waals surface area contributed by atoms with Crippen LogP contribution in [0, 0.1) is 13.8 Å². The van der Waals surface area contributed by atoms with Gasteiger partial charge in [0, 0.05) is 0 Å². The van der Waals surface area contributed by atoms with Gasteiger partial charge < -0.3 is 10.2 Å². The Morgan fingerprint density at radius 1 is 1.38 bits per heavy atom. The first-order valence-electron chi connectivity index (χ1n) is 3.96. The Morgan fingerprint density at radius 2 is 2.15 bits per heavy atom. The number of nitrogen functional groups attached to an aromatic ring is 1. The van der Waals surface area contributed by atoms with Crippen LogP contribution in [0.2, 0.25) is 0 Å². The molecule has 13 heavy (non-hydrogen) atoms. The summed E-state index contributed by atoms with van der Waals surface area (Å²) < 4.78 is 5.43. The second kappa shape index (κ2) is 2.88. The van der Waals surface area contributed by atoms with E-state index >= 15 is 0 Å². The summed E-state index contributed by atoms with van der Waals surface area (Å²) >= 11 is 1.45. The molecule has 3 nitrogen and oxygen atoms in total. The van der Waals surface area contributed by atoms with E-state index in [0.717, 1.165) is 27.2 Å². The minimum absolute atomic E-state index is 0.754. The molecule has 0 unspecified atom stereocenters. The van der Waals surface area contributed by atoms with Gasteiger partial charge in [-0.05, 0) is 26.0 Å². The Balaban J connectivity index is 2.46. The first kappa shape index (κ1) is 8.31. The zero-order valence-corrected chi connectivity index (χ0v) is 8.31. The zero-order chi connectivity index (χ0) is 9.42. The van der Waals surface area contributed by atoms with Gasteiger partial charge in [-0.15, -0.1) is 0 Å². The number of rotatable bonds is 1. The van der Waals surface area contributed by atoms with Crippen molar-refractivity contribution in [2.75, 3.05) is 5.73 Å². The monoisotopic (exact) mass is 194 g/mol. The molecule has 0 aliphatic carbocycles. The summed E-state index contributed by atoms with van der Waals surface area (Å²) in [6.07, 6.45) is 0. The van der Waals surface area contributed by atoms with Gasteiger partial charge in [-0.25, -0.2) is 4.98 Å². The summed E-state index contributed by atoms with van der Waals surface area (Å²) in [6, 6.07) is 3.83. The average molecular weight is 194 g/mol. The standard InChI is InChI=1S/C9H10N2OS/c1-5-3-4-7(12-5)9-11-6(2)8(10)13-9/h3-4H,10H2,1-2H3. The lowest BCUT2D eigenvalue weighted by Gasteiger charge is -1.86. The van der Waals surface area contributed by atoms with Gasteiger partial charge in [0.25, 0.3) is 0 Å². The molecule has 0 bridgehead atoms. The molecule has 0 saturated heterocycles. The number of hydrogen-bond acceptors (Lipinski definition) is 4. The van der Waals surface area contributed by atoms with Gasteiger partial charge in [0.15, 0.2) is 10.8 Å². The fourth-order valence-corrected chi connectivity index (χ4v) is 1.86. The summed E-state index contributed by atoms with van der Waals surface area (Å²) in [5.41, 5.74) is 6.57. The van der Waals surface area contributed by atoms with Gasteiger partial charge >= 0.3 is 0 Å². The molecule has 68 valence electrons. The van der Waals surface area contributed by atoms with Crippen molar-refractivity contribution in [3.8, 4) is 10.8 Å². The van der Waals surface area contributed by atoms with Gasteiger partial charge in [0.2, 0.25) is 0 Å². The van der Waals surface area contributed by atoms with Gasteiger partial charge in [0.05, 0.1) is 5.69 Å². The van der Waals surface area contributed by atoms with Crippen LogP contribution in [0.1, 0.15) is 11.5 Å². The minimum atomic E-state index is 0.754. The molecule has 0 radical (unpaired) electrons. The highest BCUT2D eigenvalue weighted by molar-refractivity contribution is 7.18. The third kappa shape index (κ3) is 1.45. The van der Waals surface area contributed by atoms with Crippen LogP contribution < -0.4 is 5.73 Å². The smallest absolute Gasteiger partial charge is 0.162 e. The molecule has 2 rings (SSSR count). The molecule has 0 aromatic carbocycles. The maximum absolute atomic E-state index is 5.70. The molecule has 0 saturated carbocycles. The highest BCUT2D eigenvalue weighted by atomic mass is 32.1. The van der Waals surface area contributed by atoms with E-state index in [2.05, 4.69) is 4.98 Å². The van der Waals surface area contributed by atoms with Crippen LogP contribution in [0.5, 0.6) is 0 Å². The molecule has 0 aliphatic heterocycles. The van der Waals surface area contributed by atoms with Crippen LogP contribution in [-0.2, 0) is 0 Å². The number of aryl methyl sites for hydroxylation is 2. The Hall–Kier alpha value is -1.29.